The van der Waals surface area contributed by atoms with Crippen molar-refractivity contribution in [3.8, 4) is 0 Å². The lowest BCUT2D eigenvalue weighted by atomic mass is 9.38. The fourth-order valence-electron chi connectivity index (χ4n) is 8.31. The van der Waals surface area contributed by atoms with Crippen LogP contribution in [-0.4, -0.2) is 35.9 Å². The molecule has 0 radical (unpaired) electrons. The summed E-state index contributed by atoms with van der Waals surface area (Å²) < 4.78 is 11.3. The number of rotatable bonds is 3. The average Bonchev–Trinajstić information content (AvgIpc) is 2.91. The monoisotopic (exact) mass is 430 g/mol. The highest BCUT2D eigenvalue weighted by Gasteiger charge is 2.75. The van der Waals surface area contributed by atoms with Gasteiger partial charge in [0.15, 0.2) is 0 Å². The second-order valence-corrected chi connectivity index (χ2v) is 11.3. The van der Waals surface area contributed by atoms with Crippen LogP contribution in [0, 0.1) is 28.1 Å². The van der Waals surface area contributed by atoms with Crippen LogP contribution in [-0.2, 0) is 19.1 Å². The molecule has 2 bridgehead atoms. The third-order valence-corrected chi connectivity index (χ3v) is 9.70. The molecule has 7 unspecified atom stereocenters. The minimum atomic E-state index is -1.01. The van der Waals surface area contributed by atoms with E-state index in [-0.39, 0.29) is 23.8 Å². The smallest absolute Gasteiger partial charge is 0.331 e. The maximum absolute atomic E-state index is 12.9. The van der Waals surface area contributed by atoms with Crippen LogP contribution >= 0.6 is 0 Å². The Morgan fingerprint density at radius 3 is 2.48 bits per heavy atom. The number of hydrogen-bond donors (Lipinski definition) is 1. The number of aliphatic hydroxyl groups is 1. The summed E-state index contributed by atoms with van der Waals surface area (Å²) >= 11 is 0. The summed E-state index contributed by atoms with van der Waals surface area (Å²) in [5, 5.41) is 12.6. The van der Waals surface area contributed by atoms with Gasteiger partial charge in [0.1, 0.15) is 6.10 Å². The topological polar surface area (TPSA) is 72.8 Å². The molecule has 0 amide bonds. The first-order valence-corrected chi connectivity index (χ1v) is 11.8. The number of carbonyl (C=O) groups is 2. The molecule has 0 heterocycles. The van der Waals surface area contributed by atoms with Gasteiger partial charge in [-0.2, -0.15) is 0 Å². The Balaban J connectivity index is 1.78. The summed E-state index contributed by atoms with van der Waals surface area (Å²) in [4.78, 5) is 25.5. The van der Waals surface area contributed by atoms with Crippen LogP contribution in [0.2, 0.25) is 0 Å². The van der Waals surface area contributed by atoms with Crippen molar-refractivity contribution in [2.45, 2.75) is 90.8 Å². The summed E-state index contributed by atoms with van der Waals surface area (Å²) in [6, 6.07) is 0. The summed E-state index contributed by atoms with van der Waals surface area (Å²) in [7, 11) is 1.46. The van der Waals surface area contributed by atoms with E-state index in [0.717, 1.165) is 56.1 Å². The SMILES string of the molecule is C=C1C2CCC3(O)C4(C)CCCC(C)(C(=O)OC)C4CCC3(C2)C1OC(=O)C=C(C)C. The van der Waals surface area contributed by atoms with Gasteiger partial charge in [-0.25, -0.2) is 4.79 Å². The third-order valence-electron chi connectivity index (χ3n) is 9.70. The van der Waals surface area contributed by atoms with Gasteiger partial charge in [0.25, 0.3) is 0 Å². The standard InChI is InChI=1S/C26H38O5/c1-16(2)14-20(27)31-21-17(3)18-8-13-26(29)24(5)11-7-10-23(4,22(28)30-6)19(24)9-12-25(21,26)15-18/h14,18-19,21,29H,3,7-13,15H2,1-2,4-6H3. The van der Waals surface area contributed by atoms with E-state index in [1.165, 1.54) is 13.2 Å². The van der Waals surface area contributed by atoms with Crippen LogP contribution in [0.4, 0.5) is 0 Å². The first-order chi connectivity index (χ1) is 14.4. The van der Waals surface area contributed by atoms with E-state index in [4.69, 9.17) is 9.47 Å². The molecule has 1 spiro atoms. The molecule has 4 saturated carbocycles. The molecule has 31 heavy (non-hydrogen) atoms. The number of fused-ring (bicyclic) bond motifs is 3. The highest BCUT2D eigenvalue weighted by Crippen LogP contribution is 2.74. The number of methoxy groups -OCH3 is 1. The van der Waals surface area contributed by atoms with Gasteiger partial charge in [0, 0.05) is 16.9 Å². The molecule has 4 fully saturated rings. The van der Waals surface area contributed by atoms with Crippen LogP contribution < -0.4 is 0 Å². The summed E-state index contributed by atoms with van der Waals surface area (Å²) in [6.07, 6.45) is 7.47. The normalized spacial score (nSPS) is 45.9. The molecule has 5 nitrogen and oxygen atoms in total. The highest BCUT2D eigenvalue weighted by molar-refractivity contribution is 5.83. The van der Waals surface area contributed by atoms with Crippen molar-refractivity contribution < 1.29 is 24.2 Å². The van der Waals surface area contributed by atoms with E-state index >= 15 is 0 Å². The lowest BCUT2D eigenvalue weighted by Gasteiger charge is -2.68. The minimum absolute atomic E-state index is 0.0383. The Morgan fingerprint density at radius 2 is 1.84 bits per heavy atom. The van der Waals surface area contributed by atoms with Crippen molar-refractivity contribution in [1.29, 1.82) is 0 Å². The van der Waals surface area contributed by atoms with Crippen LogP contribution in [0.5, 0.6) is 0 Å². The molecule has 0 aliphatic heterocycles. The molecule has 4 aliphatic rings. The number of esters is 2. The molecule has 0 saturated heterocycles. The van der Waals surface area contributed by atoms with Crippen LogP contribution in [0.1, 0.15) is 79.1 Å². The second-order valence-electron chi connectivity index (χ2n) is 11.3. The second kappa shape index (κ2) is 7.19. The predicted molar refractivity (Wildman–Crippen MR) is 118 cm³/mol. The minimum Gasteiger partial charge on any atom is -0.469 e. The van der Waals surface area contributed by atoms with E-state index in [9.17, 15) is 14.7 Å². The highest BCUT2D eigenvalue weighted by atomic mass is 16.5. The lowest BCUT2D eigenvalue weighted by Crippen LogP contribution is -2.71. The summed E-state index contributed by atoms with van der Waals surface area (Å²) in [5.41, 5.74) is -0.730. The molecule has 1 N–H and O–H groups in total. The first-order valence-electron chi connectivity index (χ1n) is 11.8. The third kappa shape index (κ3) is 2.84. The van der Waals surface area contributed by atoms with Gasteiger partial charge < -0.3 is 14.6 Å². The number of hydrogen-bond acceptors (Lipinski definition) is 5. The molecule has 0 aromatic carbocycles. The maximum Gasteiger partial charge on any atom is 0.331 e. The largest absolute Gasteiger partial charge is 0.469 e. The van der Waals surface area contributed by atoms with E-state index in [1.54, 1.807) is 0 Å². The molecule has 4 rings (SSSR count). The van der Waals surface area contributed by atoms with Crippen molar-refractivity contribution in [1.82, 2.24) is 0 Å². The quantitative estimate of drug-likeness (QED) is 0.398. The van der Waals surface area contributed by atoms with Gasteiger partial charge >= 0.3 is 11.9 Å². The van der Waals surface area contributed by atoms with Crippen molar-refractivity contribution in [2.24, 2.45) is 28.1 Å². The first kappa shape index (κ1) is 22.6. The fraction of sp³-hybridized carbons (Fsp3) is 0.769. The maximum atomic E-state index is 12.9. The Morgan fingerprint density at radius 1 is 1.13 bits per heavy atom. The summed E-state index contributed by atoms with van der Waals surface area (Å²) in [5.74, 6) is -0.207. The molecule has 4 aliphatic carbocycles. The van der Waals surface area contributed by atoms with E-state index in [1.807, 2.05) is 20.8 Å². The fourth-order valence-corrected chi connectivity index (χ4v) is 8.31. The van der Waals surface area contributed by atoms with Gasteiger partial charge in [-0.05, 0) is 83.1 Å². The molecule has 5 heteroatoms. The van der Waals surface area contributed by atoms with Crippen molar-refractivity contribution in [2.75, 3.05) is 7.11 Å². The molecular weight excluding hydrogens is 392 g/mol. The van der Waals surface area contributed by atoms with Crippen molar-refractivity contribution >= 4 is 11.9 Å². The molecule has 0 aromatic heterocycles. The van der Waals surface area contributed by atoms with Gasteiger partial charge in [-0.1, -0.05) is 25.5 Å². The van der Waals surface area contributed by atoms with E-state index in [2.05, 4.69) is 13.5 Å². The molecular formula is C26H38O5. The number of allylic oxidation sites excluding steroid dienone is 1. The van der Waals surface area contributed by atoms with Gasteiger partial charge in [0.05, 0.1) is 18.1 Å². The Hall–Kier alpha value is -1.62. The Labute approximate surface area is 186 Å². The predicted octanol–water partition coefficient (Wildman–Crippen LogP) is 4.73. The van der Waals surface area contributed by atoms with E-state index in [0.29, 0.717) is 6.42 Å². The zero-order valence-corrected chi connectivity index (χ0v) is 19.8. The zero-order valence-electron chi connectivity index (χ0n) is 19.8. The summed E-state index contributed by atoms with van der Waals surface area (Å²) in [6.45, 7) is 12.3. The van der Waals surface area contributed by atoms with Gasteiger partial charge in [-0.15, -0.1) is 0 Å². The number of carbonyl (C=O) groups excluding carboxylic acids is 2. The Bertz CT molecular complexity index is 841. The van der Waals surface area contributed by atoms with Crippen molar-refractivity contribution in [3.05, 3.63) is 23.8 Å². The van der Waals surface area contributed by atoms with Gasteiger partial charge in [-0.3, -0.25) is 4.79 Å². The molecule has 7 atom stereocenters. The van der Waals surface area contributed by atoms with Crippen LogP contribution in [0.3, 0.4) is 0 Å². The molecule has 172 valence electrons. The molecule has 0 aromatic rings. The van der Waals surface area contributed by atoms with Crippen LogP contribution in [0.15, 0.2) is 23.8 Å². The van der Waals surface area contributed by atoms with Gasteiger partial charge in [0.2, 0.25) is 0 Å². The zero-order chi connectivity index (χ0) is 22.8. The van der Waals surface area contributed by atoms with Crippen LogP contribution in [0.25, 0.3) is 0 Å². The van der Waals surface area contributed by atoms with E-state index < -0.39 is 27.9 Å². The Kier molecular flexibility index (Phi) is 5.24. The lowest BCUT2D eigenvalue weighted by molar-refractivity contribution is -0.278. The number of ether oxygens (including phenoxy) is 2. The average molecular weight is 431 g/mol. The van der Waals surface area contributed by atoms with Crippen molar-refractivity contribution in [3.63, 3.8) is 0 Å².